The van der Waals surface area contributed by atoms with Gasteiger partial charge in [-0.2, -0.15) is 0 Å². The number of amides is 2. The molecule has 3 rings (SSSR count). The maximum Gasteiger partial charge on any atom is 0.318 e. The van der Waals surface area contributed by atoms with Crippen molar-refractivity contribution in [2.45, 2.75) is 31.8 Å². The summed E-state index contributed by atoms with van der Waals surface area (Å²) in [6.45, 7) is 1.03. The molecular formula is C18H23FN4O3S2. The van der Waals surface area contributed by atoms with Gasteiger partial charge >= 0.3 is 6.03 Å². The van der Waals surface area contributed by atoms with E-state index in [0.29, 0.717) is 22.8 Å². The maximum atomic E-state index is 13.9. The molecule has 0 spiro atoms. The van der Waals surface area contributed by atoms with Crippen molar-refractivity contribution in [3.05, 3.63) is 40.5 Å². The van der Waals surface area contributed by atoms with Crippen LogP contribution in [0.1, 0.15) is 24.3 Å². The summed E-state index contributed by atoms with van der Waals surface area (Å²) < 4.78 is 39.0. The molecular weight excluding hydrogens is 403 g/mol. The van der Waals surface area contributed by atoms with Crippen LogP contribution in [0.15, 0.2) is 29.6 Å². The topological polar surface area (TPSA) is 91.4 Å². The molecule has 7 nitrogen and oxygen atoms in total. The number of halogens is 1. The number of carbonyl (C=O) groups is 1. The quantitative estimate of drug-likeness (QED) is 0.743. The molecule has 1 atom stereocenters. The number of sulfonamides is 1. The number of thiazole rings is 1. The average molecular weight is 427 g/mol. The van der Waals surface area contributed by atoms with Crippen molar-refractivity contribution in [2.24, 2.45) is 0 Å². The molecule has 152 valence electrons. The molecule has 2 amide bonds. The minimum atomic E-state index is -3.30. The summed E-state index contributed by atoms with van der Waals surface area (Å²) in [5, 5.41) is 5.28. The van der Waals surface area contributed by atoms with Crippen molar-refractivity contribution in [3.8, 4) is 11.3 Å². The van der Waals surface area contributed by atoms with E-state index in [9.17, 15) is 17.6 Å². The molecule has 2 heterocycles. The Kier molecular flexibility index (Phi) is 6.63. The van der Waals surface area contributed by atoms with Gasteiger partial charge in [0.2, 0.25) is 10.0 Å². The molecule has 0 bridgehead atoms. The van der Waals surface area contributed by atoms with Crippen LogP contribution in [0.5, 0.6) is 0 Å². The Morgan fingerprint density at radius 3 is 2.89 bits per heavy atom. The highest BCUT2D eigenvalue weighted by molar-refractivity contribution is 7.88. The summed E-state index contributed by atoms with van der Waals surface area (Å²) in [7, 11) is -3.30. The van der Waals surface area contributed by atoms with Crippen LogP contribution in [0.4, 0.5) is 9.18 Å². The van der Waals surface area contributed by atoms with Crippen LogP contribution in [0.3, 0.4) is 0 Å². The molecule has 1 aliphatic rings. The Hall–Kier alpha value is -2.04. The average Bonchev–Trinajstić information content (AvgIpc) is 3.13. The van der Waals surface area contributed by atoms with E-state index < -0.39 is 10.0 Å². The Morgan fingerprint density at radius 1 is 1.36 bits per heavy atom. The van der Waals surface area contributed by atoms with Gasteiger partial charge in [-0.15, -0.1) is 11.3 Å². The van der Waals surface area contributed by atoms with Crippen molar-refractivity contribution >= 4 is 27.4 Å². The molecule has 1 unspecified atom stereocenters. The van der Waals surface area contributed by atoms with Crippen LogP contribution in [-0.4, -0.2) is 49.7 Å². The fraction of sp³-hybridized carbons (Fsp3) is 0.444. The van der Waals surface area contributed by atoms with Crippen LogP contribution in [0.25, 0.3) is 11.3 Å². The molecule has 1 aliphatic heterocycles. The Morgan fingerprint density at radius 2 is 2.14 bits per heavy atom. The predicted molar refractivity (Wildman–Crippen MR) is 107 cm³/mol. The van der Waals surface area contributed by atoms with Crippen molar-refractivity contribution in [1.29, 1.82) is 0 Å². The third kappa shape index (κ3) is 5.49. The number of nitrogens with one attached hydrogen (secondary N) is 2. The first-order valence-corrected chi connectivity index (χ1v) is 11.8. The largest absolute Gasteiger partial charge is 0.331 e. The number of nitrogens with zero attached hydrogens (tertiary/aromatic N) is 2. The summed E-state index contributed by atoms with van der Waals surface area (Å²) >= 11 is 1.35. The minimum Gasteiger partial charge on any atom is -0.331 e. The molecule has 1 saturated heterocycles. The summed E-state index contributed by atoms with van der Waals surface area (Å²) in [6, 6.07) is 6.01. The van der Waals surface area contributed by atoms with Crippen molar-refractivity contribution in [3.63, 3.8) is 0 Å². The number of benzene rings is 1. The summed E-state index contributed by atoms with van der Waals surface area (Å²) in [6.07, 6.45) is 3.70. The maximum absolute atomic E-state index is 13.9. The number of hydrogen-bond acceptors (Lipinski definition) is 5. The van der Waals surface area contributed by atoms with Crippen LogP contribution >= 0.6 is 11.3 Å². The zero-order valence-corrected chi connectivity index (χ0v) is 17.2. The molecule has 0 aliphatic carbocycles. The standard InChI is InChI=1S/C18H23FN4O3S2/c1-28(25,26)21-10-13-6-4-5-9-23(13)18(24)20-11-17-22-16(12-27-17)14-7-2-3-8-15(14)19/h2-3,7-8,12-13,21H,4-6,9-11H2,1H3,(H,20,24). The molecule has 1 fully saturated rings. The number of carbonyl (C=O) groups excluding carboxylic acids is 1. The first-order chi connectivity index (χ1) is 13.3. The van der Waals surface area contributed by atoms with Gasteiger partial charge < -0.3 is 10.2 Å². The number of likely N-dealkylation sites (tertiary alicyclic amines) is 1. The van der Waals surface area contributed by atoms with Gasteiger partial charge in [0, 0.05) is 30.1 Å². The fourth-order valence-corrected chi connectivity index (χ4v) is 4.39. The lowest BCUT2D eigenvalue weighted by Gasteiger charge is -2.35. The normalized spacial score (nSPS) is 17.5. The van der Waals surface area contributed by atoms with E-state index in [2.05, 4.69) is 15.0 Å². The van der Waals surface area contributed by atoms with Crippen molar-refractivity contribution in [2.75, 3.05) is 19.3 Å². The Balaban J connectivity index is 1.59. The molecule has 1 aromatic heterocycles. The number of piperidine rings is 1. The van der Waals surface area contributed by atoms with Crippen LogP contribution in [0, 0.1) is 5.82 Å². The highest BCUT2D eigenvalue weighted by Crippen LogP contribution is 2.24. The lowest BCUT2D eigenvalue weighted by molar-refractivity contribution is 0.152. The van der Waals surface area contributed by atoms with E-state index in [4.69, 9.17) is 0 Å². The van der Waals surface area contributed by atoms with Gasteiger partial charge in [-0.05, 0) is 31.4 Å². The van der Waals surface area contributed by atoms with E-state index in [0.717, 1.165) is 25.5 Å². The molecule has 0 saturated carbocycles. The number of hydrogen-bond donors (Lipinski definition) is 2. The van der Waals surface area contributed by atoms with Crippen LogP contribution in [-0.2, 0) is 16.6 Å². The van der Waals surface area contributed by atoms with Gasteiger partial charge in [0.15, 0.2) is 0 Å². The van der Waals surface area contributed by atoms with Crippen molar-refractivity contribution < 1.29 is 17.6 Å². The first kappa shape index (κ1) is 20.7. The zero-order chi connectivity index (χ0) is 20.1. The molecule has 2 N–H and O–H groups in total. The third-order valence-corrected chi connectivity index (χ3v) is 6.10. The Bertz CT molecular complexity index is 932. The second-order valence-corrected chi connectivity index (χ2v) is 9.50. The molecule has 2 aromatic rings. The van der Waals surface area contributed by atoms with E-state index in [1.54, 1.807) is 28.5 Å². The van der Waals surface area contributed by atoms with Gasteiger partial charge in [0.25, 0.3) is 0 Å². The van der Waals surface area contributed by atoms with Crippen LogP contribution in [0.2, 0.25) is 0 Å². The van der Waals surface area contributed by atoms with Gasteiger partial charge in [-0.3, -0.25) is 0 Å². The predicted octanol–water partition coefficient (Wildman–Crippen LogP) is 2.56. The third-order valence-electron chi connectivity index (χ3n) is 4.56. The summed E-state index contributed by atoms with van der Waals surface area (Å²) in [5.41, 5.74) is 0.972. The lowest BCUT2D eigenvalue weighted by atomic mass is 10.0. The molecule has 1 aromatic carbocycles. The smallest absolute Gasteiger partial charge is 0.318 e. The monoisotopic (exact) mass is 426 g/mol. The summed E-state index contributed by atoms with van der Waals surface area (Å²) in [4.78, 5) is 18.7. The highest BCUT2D eigenvalue weighted by atomic mass is 32.2. The number of urea groups is 1. The van der Waals surface area contributed by atoms with Gasteiger partial charge in [-0.25, -0.2) is 27.3 Å². The summed E-state index contributed by atoms with van der Waals surface area (Å²) in [5.74, 6) is -0.335. The first-order valence-electron chi connectivity index (χ1n) is 9.02. The molecule has 10 heteroatoms. The minimum absolute atomic E-state index is 0.172. The van der Waals surface area contributed by atoms with Gasteiger partial charge in [0.05, 0.1) is 18.5 Å². The van der Waals surface area contributed by atoms with Gasteiger partial charge in [-0.1, -0.05) is 12.1 Å². The zero-order valence-electron chi connectivity index (χ0n) is 15.5. The molecule has 0 radical (unpaired) electrons. The van der Waals surface area contributed by atoms with Gasteiger partial charge in [0.1, 0.15) is 10.8 Å². The molecule has 28 heavy (non-hydrogen) atoms. The van der Waals surface area contributed by atoms with E-state index in [-0.39, 0.29) is 31.0 Å². The van der Waals surface area contributed by atoms with E-state index in [1.165, 1.54) is 17.4 Å². The van der Waals surface area contributed by atoms with Crippen LogP contribution < -0.4 is 10.0 Å². The fourth-order valence-electron chi connectivity index (χ4n) is 3.17. The lowest BCUT2D eigenvalue weighted by Crippen LogP contribution is -2.52. The number of rotatable bonds is 6. The van der Waals surface area contributed by atoms with E-state index in [1.807, 2.05) is 0 Å². The highest BCUT2D eigenvalue weighted by Gasteiger charge is 2.27. The van der Waals surface area contributed by atoms with Crippen molar-refractivity contribution in [1.82, 2.24) is 19.9 Å². The SMILES string of the molecule is CS(=O)(=O)NCC1CCCCN1C(=O)NCc1nc(-c2ccccc2F)cs1. The van der Waals surface area contributed by atoms with E-state index >= 15 is 0 Å². The number of aromatic nitrogens is 1. The second-order valence-electron chi connectivity index (χ2n) is 6.73. The Labute approximate surface area is 168 Å². The second kappa shape index (κ2) is 8.97.